The summed E-state index contributed by atoms with van der Waals surface area (Å²) in [5.74, 6) is 0. The summed E-state index contributed by atoms with van der Waals surface area (Å²) in [4.78, 5) is 8.00. The molecule has 0 atom stereocenters. The summed E-state index contributed by atoms with van der Waals surface area (Å²) in [5.41, 5.74) is 2.04. The Hall–Kier alpha value is -2.30. The van der Waals surface area contributed by atoms with Gasteiger partial charge in [0.05, 0.1) is 5.57 Å². The molecule has 5 heteroatoms. The molecule has 1 aromatic carbocycles. The molecule has 0 aliphatic heterocycles. The zero-order valence-corrected chi connectivity index (χ0v) is 12.9. The number of hydrogen-bond donors (Lipinski definition) is 1. The van der Waals surface area contributed by atoms with Gasteiger partial charge in [0.15, 0.2) is 0 Å². The molecule has 120 valence electrons. The van der Waals surface area contributed by atoms with Gasteiger partial charge in [-0.3, -0.25) is 0 Å². The van der Waals surface area contributed by atoms with Crippen molar-refractivity contribution in [3.63, 3.8) is 0 Å². The van der Waals surface area contributed by atoms with Crippen molar-refractivity contribution in [2.24, 2.45) is 0 Å². The lowest BCUT2D eigenvalue weighted by molar-refractivity contribution is -0.0980. The fourth-order valence-corrected chi connectivity index (χ4v) is 1.49. The zero-order chi connectivity index (χ0) is 17.2. The second-order valence-electron chi connectivity index (χ2n) is 4.43. The Balaban J connectivity index is 0.00000211. The van der Waals surface area contributed by atoms with E-state index in [1.165, 1.54) is 6.08 Å². The molecule has 0 aromatic heterocycles. The second kappa shape index (κ2) is 9.60. The number of rotatable bonds is 4. The topological polar surface area (TPSA) is 29.1 Å². The molecule has 0 fully saturated rings. The number of aryl methyl sites for hydroxylation is 2. The van der Waals surface area contributed by atoms with Crippen molar-refractivity contribution in [1.82, 2.24) is 0 Å². The fraction of sp³-hybridized carbons (Fsp3) is 0.235. The second-order valence-corrected chi connectivity index (χ2v) is 4.43. The number of anilines is 1. The molecule has 2 nitrogen and oxygen atoms in total. The van der Waals surface area contributed by atoms with E-state index in [1.807, 2.05) is 32.8 Å². The summed E-state index contributed by atoms with van der Waals surface area (Å²) in [6.07, 6.45) is 2.21. The molecule has 0 spiro atoms. The first-order valence-corrected chi connectivity index (χ1v) is 6.54. The van der Waals surface area contributed by atoms with E-state index in [1.54, 1.807) is 25.1 Å². The monoisotopic (exact) mass is 311 g/mol. The summed E-state index contributed by atoms with van der Waals surface area (Å²) in [6.45, 7) is 7.62. The van der Waals surface area contributed by atoms with Crippen molar-refractivity contribution in [3.8, 4) is 0 Å². The highest BCUT2D eigenvalue weighted by Gasteiger charge is 2.31. The molecule has 0 saturated carbocycles. The van der Waals surface area contributed by atoms with Crippen LogP contribution in [0.25, 0.3) is 0 Å². The predicted octanol–water partition coefficient (Wildman–Crippen LogP) is 5.11. The highest BCUT2D eigenvalue weighted by Crippen LogP contribution is 2.27. The van der Waals surface area contributed by atoms with Gasteiger partial charge in [0.2, 0.25) is 0 Å². The average Bonchev–Trinajstić information content (AvgIpc) is 2.47. The van der Waals surface area contributed by atoms with Crippen LogP contribution in [-0.2, 0) is 4.79 Å². The van der Waals surface area contributed by atoms with Gasteiger partial charge < -0.3 is 10.1 Å². The van der Waals surface area contributed by atoms with Gasteiger partial charge in [-0.2, -0.15) is 13.2 Å². The molecule has 0 bridgehead atoms. The fourth-order valence-electron chi connectivity index (χ4n) is 1.49. The van der Waals surface area contributed by atoms with E-state index in [4.69, 9.17) is 4.79 Å². The largest absolute Gasteiger partial charge is 0.417 e. The van der Waals surface area contributed by atoms with Crippen LogP contribution in [0.2, 0.25) is 0 Å². The summed E-state index contributed by atoms with van der Waals surface area (Å²) >= 11 is 0. The first kappa shape index (κ1) is 19.7. The molecule has 0 unspecified atom stereocenters. The average molecular weight is 311 g/mol. The van der Waals surface area contributed by atoms with Crippen molar-refractivity contribution in [1.29, 1.82) is 0 Å². The van der Waals surface area contributed by atoms with E-state index >= 15 is 0 Å². The maximum absolute atomic E-state index is 12.8. The number of halogens is 3. The smallest absolute Gasteiger partial charge is 0.361 e. The van der Waals surface area contributed by atoms with E-state index in [0.29, 0.717) is 5.69 Å². The summed E-state index contributed by atoms with van der Waals surface area (Å²) < 4.78 is 38.4. The van der Waals surface area contributed by atoms with Gasteiger partial charge in [-0.15, -0.1) is 0 Å². The first-order chi connectivity index (χ1) is 10.3. The standard InChI is InChI=1S/C16H18F3N.CH2O/c1-4-5-6-7-14(16(17,18)19)11-20-15-9-8-12(2)13(3)10-15;1-2/h4-11,20H,1-3H3;1H2/b5-4+,7-6-,14-11+;. The van der Waals surface area contributed by atoms with Crippen LogP contribution in [0.5, 0.6) is 0 Å². The Morgan fingerprint density at radius 2 is 1.77 bits per heavy atom. The number of carbonyl (C=O) groups is 1. The van der Waals surface area contributed by atoms with Crippen molar-refractivity contribution in [2.45, 2.75) is 26.9 Å². The van der Waals surface area contributed by atoms with Crippen LogP contribution in [0.1, 0.15) is 18.1 Å². The molecule has 1 rings (SSSR count). The zero-order valence-electron chi connectivity index (χ0n) is 12.9. The minimum atomic E-state index is -4.38. The van der Waals surface area contributed by atoms with Crippen LogP contribution in [0, 0.1) is 13.8 Å². The molecule has 1 N–H and O–H groups in total. The van der Waals surface area contributed by atoms with Crippen LogP contribution in [-0.4, -0.2) is 13.0 Å². The van der Waals surface area contributed by atoms with Crippen LogP contribution in [0.15, 0.2) is 54.3 Å². The van der Waals surface area contributed by atoms with E-state index in [2.05, 4.69) is 5.32 Å². The normalized spacial score (nSPS) is 12.4. The summed E-state index contributed by atoms with van der Waals surface area (Å²) in [6, 6.07) is 5.44. The maximum Gasteiger partial charge on any atom is 0.417 e. The molecule has 1 aromatic rings. The first-order valence-electron chi connectivity index (χ1n) is 6.54. The van der Waals surface area contributed by atoms with Crippen molar-refractivity contribution < 1.29 is 18.0 Å². The van der Waals surface area contributed by atoms with Gasteiger partial charge in [0.1, 0.15) is 6.79 Å². The van der Waals surface area contributed by atoms with E-state index in [0.717, 1.165) is 23.4 Å². The third kappa shape index (κ3) is 6.92. The van der Waals surface area contributed by atoms with Crippen molar-refractivity contribution in [2.75, 3.05) is 5.32 Å². The molecule has 0 amide bonds. The third-order valence-electron chi connectivity index (χ3n) is 2.81. The third-order valence-corrected chi connectivity index (χ3v) is 2.81. The van der Waals surface area contributed by atoms with Crippen molar-refractivity contribution in [3.05, 3.63) is 65.4 Å². The quantitative estimate of drug-likeness (QED) is 0.783. The minimum absolute atomic E-state index is 0.634. The number of benzene rings is 1. The Labute approximate surface area is 129 Å². The van der Waals surface area contributed by atoms with Crippen molar-refractivity contribution >= 4 is 12.5 Å². The molecular formula is C17H20F3NO. The van der Waals surface area contributed by atoms with E-state index in [-0.39, 0.29) is 0 Å². The Bertz CT molecular complexity index is 558. The number of nitrogens with one attached hydrogen (secondary N) is 1. The Morgan fingerprint density at radius 3 is 2.27 bits per heavy atom. The lowest BCUT2D eigenvalue weighted by atomic mass is 10.1. The Morgan fingerprint density at radius 1 is 1.14 bits per heavy atom. The molecule has 0 aliphatic rings. The highest BCUT2D eigenvalue weighted by atomic mass is 19.4. The van der Waals surface area contributed by atoms with Gasteiger partial charge in [0, 0.05) is 11.9 Å². The maximum atomic E-state index is 12.8. The molecular weight excluding hydrogens is 291 g/mol. The van der Waals surface area contributed by atoms with Gasteiger partial charge in [-0.05, 0) is 50.1 Å². The van der Waals surface area contributed by atoms with Gasteiger partial charge >= 0.3 is 6.18 Å². The number of hydrogen-bond acceptors (Lipinski definition) is 2. The van der Waals surface area contributed by atoms with Gasteiger partial charge in [-0.25, -0.2) is 0 Å². The minimum Gasteiger partial charge on any atom is -0.361 e. The molecule has 22 heavy (non-hydrogen) atoms. The SMILES string of the molecule is C/C=C/C=C\C(=C/Nc1ccc(C)c(C)c1)C(F)(F)F.C=O. The van der Waals surface area contributed by atoms with Gasteiger partial charge in [0.25, 0.3) is 0 Å². The van der Waals surface area contributed by atoms with Crippen LogP contribution in [0.4, 0.5) is 18.9 Å². The predicted molar refractivity (Wildman–Crippen MR) is 84.8 cm³/mol. The van der Waals surface area contributed by atoms with Crippen LogP contribution in [0.3, 0.4) is 0 Å². The number of allylic oxidation sites excluding steroid dienone is 5. The van der Waals surface area contributed by atoms with E-state index < -0.39 is 11.7 Å². The lowest BCUT2D eigenvalue weighted by Gasteiger charge is -2.09. The van der Waals surface area contributed by atoms with Crippen LogP contribution >= 0.6 is 0 Å². The Kier molecular flexibility index (Phi) is 8.60. The number of carbonyl (C=O) groups excluding carboxylic acids is 1. The number of alkyl halides is 3. The molecule has 0 radical (unpaired) electrons. The van der Waals surface area contributed by atoms with Gasteiger partial charge in [-0.1, -0.05) is 24.3 Å². The summed E-state index contributed by atoms with van der Waals surface area (Å²) in [7, 11) is 0. The van der Waals surface area contributed by atoms with Crippen LogP contribution < -0.4 is 5.32 Å². The molecule has 0 saturated heterocycles. The lowest BCUT2D eigenvalue weighted by Crippen LogP contribution is -2.11. The highest BCUT2D eigenvalue weighted by molar-refractivity contribution is 5.51. The molecule has 0 heterocycles. The van der Waals surface area contributed by atoms with E-state index in [9.17, 15) is 13.2 Å². The molecule has 0 aliphatic carbocycles. The summed E-state index contributed by atoms with van der Waals surface area (Å²) in [5, 5.41) is 2.69.